The van der Waals surface area contributed by atoms with Gasteiger partial charge in [-0.1, -0.05) is 0 Å². The van der Waals surface area contributed by atoms with Crippen molar-refractivity contribution in [3.05, 3.63) is 29.8 Å². The van der Waals surface area contributed by atoms with Gasteiger partial charge in [0.15, 0.2) is 0 Å². The van der Waals surface area contributed by atoms with Crippen molar-refractivity contribution < 1.29 is 22.3 Å². The fraction of sp³-hybridized carbons (Fsp3) is 0.455. The van der Waals surface area contributed by atoms with Gasteiger partial charge in [0, 0.05) is 18.9 Å². The van der Waals surface area contributed by atoms with Crippen LogP contribution in [0.4, 0.5) is 8.78 Å². The van der Waals surface area contributed by atoms with Gasteiger partial charge < -0.3 is 5.11 Å². The van der Waals surface area contributed by atoms with Crippen LogP contribution < -0.4 is 4.72 Å². The molecule has 0 spiro atoms. The van der Waals surface area contributed by atoms with Crippen molar-refractivity contribution in [1.82, 2.24) is 4.72 Å². The Morgan fingerprint density at radius 3 is 2.68 bits per heavy atom. The van der Waals surface area contributed by atoms with Gasteiger partial charge in [0.2, 0.25) is 10.0 Å². The van der Waals surface area contributed by atoms with Crippen molar-refractivity contribution in [3.8, 4) is 0 Å². The molecule has 0 saturated carbocycles. The van der Waals surface area contributed by atoms with Crippen molar-refractivity contribution in [1.29, 1.82) is 0 Å². The van der Waals surface area contributed by atoms with Gasteiger partial charge in [0.25, 0.3) is 0 Å². The first-order chi connectivity index (χ1) is 8.97. The van der Waals surface area contributed by atoms with Gasteiger partial charge in [-0.2, -0.15) is 11.8 Å². The third kappa shape index (κ3) is 5.43. The number of aliphatic hydroxyl groups excluding tert-OH is 1. The summed E-state index contributed by atoms with van der Waals surface area (Å²) in [5.41, 5.74) is 0. The highest BCUT2D eigenvalue weighted by Gasteiger charge is 2.19. The van der Waals surface area contributed by atoms with Crippen molar-refractivity contribution >= 4 is 21.8 Å². The van der Waals surface area contributed by atoms with E-state index in [2.05, 4.69) is 4.72 Å². The first-order valence-corrected chi connectivity index (χ1v) is 8.24. The van der Waals surface area contributed by atoms with Crippen molar-refractivity contribution in [2.75, 3.05) is 24.7 Å². The number of thioether (sulfide) groups is 1. The zero-order valence-electron chi connectivity index (χ0n) is 10.1. The van der Waals surface area contributed by atoms with Crippen molar-refractivity contribution in [2.24, 2.45) is 0 Å². The summed E-state index contributed by atoms with van der Waals surface area (Å²) in [4.78, 5) is -0.687. The maximum absolute atomic E-state index is 13.3. The summed E-state index contributed by atoms with van der Waals surface area (Å²) < 4.78 is 51.9. The molecule has 0 heterocycles. The summed E-state index contributed by atoms with van der Waals surface area (Å²) in [6.07, 6.45) is 0.635. The summed E-state index contributed by atoms with van der Waals surface area (Å²) in [5, 5.41) is 8.56. The maximum atomic E-state index is 13.3. The van der Waals surface area contributed by atoms with Crippen LogP contribution in [0.15, 0.2) is 23.1 Å². The second kappa shape index (κ2) is 7.78. The Morgan fingerprint density at radius 2 is 2.00 bits per heavy atom. The Labute approximate surface area is 115 Å². The van der Waals surface area contributed by atoms with Gasteiger partial charge in [-0.3, -0.25) is 0 Å². The minimum Gasteiger partial charge on any atom is -0.396 e. The molecule has 8 heteroatoms. The van der Waals surface area contributed by atoms with Gasteiger partial charge in [-0.05, 0) is 30.4 Å². The fourth-order valence-corrected chi connectivity index (χ4v) is 3.31. The molecule has 2 N–H and O–H groups in total. The molecule has 0 saturated heterocycles. The predicted molar refractivity (Wildman–Crippen MR) is 70.6 cm³/mol. The van der Waals surface area contributed by atoms with Crippen LogP contribution in [0.1, 0.15) is 6.42 Å². The van der Waals surface area contributed by atoms with Crippen molar-refractivity contribution in [3.63, 3.8) is 0 Å². The molecule has 0 unspecified atom stereocenters. The van der Waals surface area contributed by atoms with E-state index in [1.54, 1.807) is 0 Å². The SMILES string of the molecule is O=S(=O)(NCCSCCCO)c1cc(F)ccc1F. The van der Waals surface area contributed by atoms with E-state index in [4.69, 9.17) is 5.11 Å². The molecular weight excluding hydrogens is 296 g/mol. The second-order valence-electron chi connectivity index (χ2n) is 3.66. The average Bonchev–Trinajstić information content (AvgIpc) is 2.36. The van der Waals surface area contributed by atoms with Crippen LogP contribution in [-0.2, 0) is 10.0 Å². The molecule has 0 aliphatic rings. The average molecular weight is 311 g/mol. The van der Waals surface area contributed by atoms with Gasteiger partial charge in [0.05, 0.1) is 0 Å². The van der Waals surface area contributed by atoms with Crippen molar-refractivity contribution in [2.45, 2.75) is 11.3 Å². The standard InChI is InChI=1S/C11H15F2NO3S2/c12-9-2-3-10(13)11(8-9)19(16,17)14-4-7-18-6-1-5-15/h2-3,8,14-15H,1,4-7H2. The van der Waals surface area contributed by atoms with E-state index in [1.807, 2.05) is 0 Å². The largest absolute Gasteiger partial charge is 0.396 e. The van der Waals surface area contributed by atoms with E-state index < -0.39 is 26.6 Å². The minimum atomic E-state index is -4.03. The number of rotatable bonds is 8. The Hall–Kier alpha value is -0.700. The number of nitrogens with one attached hydrogen (secondary N) is 1. The molecule has 19 heavy (non-hydrogen) atoms. The fourth-order valence-electron chi connectivity index (χ4n) is 1.28. The molecule has 0 fully saturated rings. The van der Waals surface area contributed by atoms with Gasteiger partial charge in [-0.25, -0.2) is 21.9 Å². The van der Waals surface area contributed by atoms with E-state index in [-0.39, 0.29) is 13.2 Å². The molecule has 0 bridgehead atoms. The molecule has 1 aromatic carbocycles. The highest BCUT2D eigenvalue weighted by Crippen LogP contribution is 2.15. The quantitative estimate of drug-likeness (QED) is 0.712. The zero-order valence-corrected chi connectivity index (χ0v) is 11.7. The zero-order chi connectivity index (χ0) is 14.3. The molecule has 108 valence electrons. The Morgan fingerprint density at radius 1 is 1.26 bits per heavy atom. The lowest BCUT2D eigenvalue weighted by molar-refractivity contribution is 0.296. The minimum absolute atomic E-state index is 0.0905. The third-order valence-electron chi connectivity index (χ3n) is 2.17. The lowest BCUT2D eigenvalue weighted by atomic mass is 10.3. The summed E-state index contributed by atoms with van der Waals surface area (Å²) >= 11 is 1.47. The van der Waals surface area contributed by atoms with E-state index in [0.717, 1.165) is 12.1 Å². The molecule has 1 aromatic rings. The smallest absolute Gasteiger partial charge is 0.243 e. The summed E-state index contributed by atoms with van der Waals surface area (Å²) in [6, 6.07) is 2.29. The van der Waals surface area contributed by atoms with Gasteiger partial charge >= 0.3 is 0 Å². The second-order valence-corrected chi connectivity index (χ2v) is 6.62. The molecule has 0 atom stereocenters. The first-order valence-electron chi connectivity index (χ1n) is 5.60. The lowest BCUT2D eigenvalue weighted by Gasteiger charge is -2.07. The summed E-state index contributed by atoms with van der Waals surface area (Å²) in [6.45, 7) is 0.210. The van der Waals surface area contributed by atoms with E-state index in [9.17, 15) is 17.2 Å². The third-order valence-corrected chi connectivity index (χ3v) is 4.71. The Kier molecular flexibility index (Phi) is 6.70. The van der Waals surface area contributed by atoms with Crippen LogP contribution >= 0.6 is 11.8 Å². The van der Waals surface area contributed by atoms with Crippen LogP contribution in [0.5, 0.6) is 0 Å². The molecule has 1 rings (SSSR count). The lowest BCUT2D eigenvalue weighted by Crippen LogP contribution is -2.27. The molecule has 0 radical (unpaired) electrons. The summed E-state index contributed by atoms with van der Waals surface area (Å²) in [5.74, 6) is -0.580. The van der Waals surface area contributed by atoms with E-state index >= 15 is 0 Å². The molecule has 0 aliphatic carbocycles. The van der Waals surface area contributed by atoms with Crippen LogP contribution in [-0.4, -0.2) is 38.2 Å². The number of aliphatic hydroxyl groups is 1. The van der Waals surface area contributed by atoms with Crippen LogP contribution in [0, 0.1) is 11.6 Å². The van der Waals surface area contributed by atoms with Crippen LogP contribution in [0.3, 0.4) is 0 Å². The van der Waals surface area contributed by atoms with E-state index in [0.29, 0.717) is 24.0 Å². The topological polar surface area (TPSA) is 66.4 Å². The number of sulfonamides is 1. The highest BCUT2D eigenvalue weighted by molar-refractivity contribution is 7.99. The Bertz CT molecular complexity index is 509. The summed E-state index contributed by atoms with van der Waals surface area (Å²) in [7, 11) is -4.03. The predicted octanol–water partition coefficient (Wildman–Crippen LogP) is 1.36. The number of benzene rings is 1. The molecule has 0 amide bonds. The number of hydrogen-bond donors (Lipinski definition) is 2. The molecular formula is C11H15F2NO3S2. The van der Waals surface area contributed by atoms with Crippen LogP contribution in [0.2, 0.25) is 0 Å². The molecule has 4 nitrogen and oxygen atoms in total. The van der Waals surface area contributed by atoms with Gasteiger partial charge in [0.1, 0.15) is 16.5 Å². The normalized spacial score (nSPS) is 11.7. The van der Waals surface area contributed by atoms with Crippen LogP contribution in [0.25, 0.3) is 0 Å². The highest BCUT2D eigenvalue weighted by atomic mass is 32.2. The Balaban J connectivity index is 2.54. The number of halogens is 2. The molecule has 0 aliphatic heterocycles. The first kappa shape index (κ1) is 16.4. The number of hydrogen-bond acceptors (Lipinski definition) is 4. The molecule has 0 aromatic heterocycles. The van der Waals surface area contributed by atoms with Gasteiger partial charge in [-0.15, -0.1) is 0 Å². The maximum Gasteiger partial charge on any atom is 0.243 e. The monoisotopic (exact) mass is 311 g/mol. The van der Waals surface area contributed by atoms with E-state index in [1.165, 1.54) is 11.8 Å².